The number of hydrogen-bond acceptors (Lipinski definition) is 4. The third-order valence-electron chi connectivity index (χ3n) is 4.59. The number of ether oxygens (including phenoxy) is 1. The molecule has 2 atom stereocenters. The molecule has 21 heavy (non-hydrogen) atoms. The molecule has 0 bridgehead atoms. The number of nitrogens with zero attached hydrogens (tertiary/aromatic N) is 3. The molecule has 2 fully saturated rings. The van der Waals surface area contributed by atoms with Crippen molar-refractivity contribution < 1.29 is 4.74 Å². The lowest BCUT2D eigenvalue weighted by Gasteiger charge is -2.26. The van der Waals surface area contributed by atoms with Gasteiger partial charge in [0.25, 0.3) is 0 Å². The molecule has 2 aliphatic rings. The summed E-state index contributed by atoms with van der Waals surface area (Å²) < 4.78 is 8.17. The van der Waals surface area contributed by atoms with Crippen molar-refractivity contribution >= 4 is 11.2 Å². The Morgan fingerprint density at radius 2 is 2.33 bits per heavy atom. The van der Waals surface area contributed by atoms with Crippen molar-refractivity contribution in [2.24, 2.45) is 0 Å². The van der Waals surface area contributed by atoms with Crippen LogP contribution in [0.5, 0.6) is 0 Å². The Balaban J connectivity index is 1.72. The van der Waals surface area contributed by atoms with Gasteiger partial charge in [-0.1, -0.05) is 0 Å². The van der Waals surface area contributed by atoms with Crippen LogP contribution in [0.3, 0.4) is 0 Å². The van der Waals surface area contributed by atoms with E-state index in [2.05, 4.69) is 20.9 Å². The molecule has 2 aromatic rings. The van der Waals surface area contributed by atoms with E-state index in [1.54, 1.807) is 0 Å². The Morgan fingerprint density at radius 3 is 3.14 bits per heavy atom. The third-order valence-corrected chi connectivity index (χ3v) is 4.59. The number of hydrogen-bond donors (Lipinski definition) is 1. The number of rotatable bonds is 3. The van der Waals surface area contributed by atoms with Crippen LogP contribution in [0.4, 0.5) is 0 Å². The molecule has 5 nitrogen and oxygen atoms in total. The van der Waals surface area contributed by atoms with Gasteiger partial charge in [0.05, 0.1) is 6.10 Å². The van der Waals surface area contributed by atoms with Crippen LogP contribution in [0.1, 0.15) is 37.5 Å². The zero-order chi connectivity index (χ0) is 14.1. The van der Waals surface area contributed by atoms with Gasteiger partial charge >= 0.3 is 0 Å². The van der Waals surface area contributed by atoms with Crippen LogP contribution >= 0.6 is 0 Å². The summed E-state index contributed by atoms with van der Waals surface area (Å²) in [6.45, 7) is 3.03. The molecule has 5 heteroatoms. The predicted molar refractivity (Wildman–Crippen MR) is 81.3 cm³/mol. The molecule has 0 amide bonds. The molecule has 112 valence electrons. The van der Waals surface area contributed by atoms with Gasteiger partial charge in [0, 0.05) is 31.8 Å². The van der Waals surface area contributed by atoms with Crippen molar-refractivity contribution in [3.8, 4) is 0 Å². The van der Waals surface area contributed by atoms with E-state index in [9.17, 15) is 0 Å². The molecule has 0 radical (unpaired) electrons. The highest BCUT2D eigenvalue weighted by atomic mass is 16.5. The summed E-state index contributed by atoms with van der Waals surface area (Å²) in [5, 5.41) is 3.50. The van der Waals surface area contributed by atoms with E-state index in [1.807, 2.05) is 12.3 Å². The van der Waals surface area contributed by atoms with Crippen LogP contribution in [0, 0.1) is 0 Å². The summed E-state index contributed by atoms with van der Waals surface area (Å²) >= 11 is 0. The highest BCUT2D eigenvalue weighted by Gasteiger charge is 2.25. The number of fused-ring (bicyclic) bond motifs is 1. The lowest BCUT2D eigenvalue weighted by atomic mass is 10.1. The standard InChI is InChI=1S/C16H22N4O/c1-4-12(11-17-7-1)20-15(10-13-5-3-9-21-13)19-14-6-2-8-18-16(14)20/h2,6,8,12-13,17H,1,3-5,7,9-11H2. The zero-order valence-electron chi connectivity index (χ0n) is 12.3. The topological polar surface area (TPSA) is 52.0 Å². The van der Waals surface area contributed by atoms with Gasteiger partial charge in [0.2, 0.25) is 0 Å². The normalized spacial score (nSPS) is 26.5. The molecule has 0 spiro atoms. The number of piperidine rings is 1. The average molecular weight is 286 g/mol. The Hall–Kier alpha value is -1.46. The molecular formula is C16H22N4O. The molecule has 2 aromatic heterocycles. The fraction of sp³-hybridized carbons (Fsp3) is 0.625. The molecule has 4 rings (SSSR count). The van der Waals surface area contributed by atoms with Crippen molar-refractivity contribution in [2.45, 2.75) is 44.2 Å². The van der Waals surface area contributed by atoms with Crippen molar-refractivity contribution in [2.75, 3.05) is 19.7 Å². The van der Waals surface area contributed by atoms with Gasteiger partial charge in [-0.2, -0.15) is 0 Å². The molecule has 2 aliphatic heterocycles. The highest BCUT2D eigenvalue weighted by Crippen LogP contribution is 2.26. The van der Waals surface area contributed by atoms with Gasteiger partial charge in [-0.3, -0.25) is 0 Å². The Morgan fingerprint density at radius 1 is 1.33 bits per heavy atom. The smallest absolute Gasteiger partial charge is 0.160 e. The van der Waals surface area contributed by atoms with E-state index in [-0.39, 0.29) is 0 Å². The molecule has 0 saturated carbocycles. The van der Waals surface area contributed by atoms with Crippen LogP contribution in [0.15, 0.2) is 18.3 Å². The Kier molecular flexibility index (Phi) is 3.61. The number of aromatic nitrogens is 3. The van der Waals surface area contributed by atoms with Gasteiger partial charge in [0.15, 0.2) is 5.65 Å². The molecular weight excluding hydrogens is 264 g/mol. The summed E-state index contributed by atoms with van der Waals surface area (Å²) in [5.41, 5.74) is 2.04. The second kappa shape index (κ2) is 5.73. The first-order chi connectivity index (χ1) is 10.4. The number of nitrogens with one attached hydrogen (secondary N) is 1. The van der Waals surface area contributed by atoms with E-state index in [0.717, 1.165) is 49.5 Å². The van der Waals surface area contributed by atoms with Crippen LogP contribution in [-0.4, -0.2) is 40.3 Å². The summed E-state index contributed by atoms with van der Waals surface area (Å²) in [6, 6.07) is 4.50. The van der Waals surface area contributed by atoms with Gasteiger partial charge in [-0.15, -0.1) is 0 Å². The Bertz CT molecular complexity index is 612. The third kappa shape index (κ3) is 2.56. The maximum Gasteiger partial charge on any atom is 0.160 e. The summed E-state index contributed by atoms with van der Waals surface area (Å²) in [5.74, 6) is 1.14. The first-order valence-corrected chi connectivity index (χ1v) is 8.06. The van der Waals surface area contributed by atoms with Gasteiger partial charge in [0.1, 0.15) is 11.3 Å². The van der Waals surface area contributed by atoms with Crippen LogP contribution < -0.4 is 5.32 Å². The lowest BCUT2D eigenvalue weighted by molar-refractivity contribution is 0.108. The quantitative estimate of drug-likeness (QED) is 0.938. The summed E-state index contributed by atoms with van der Waals surface area (Å²) in [6.07, 6.45) is 7.86. The summed E-state index contributed by atoms with van der Waals surface area (Å²) in [7, 11) is 0. The van der Waals surface area contributed by atoms with Crippen molar-refractivity contribution in [3.63, 3.8) is 0 Å². The lowest BCUT2D eigenvalue weighted by Crippen LogP contribution is -2.33. The second-order valence-corrected chi connectivity index (χ2v) is 6.08. The van der Waals surface area contributed by atoms with Crippen molar-refractivity contribution in [1.29, 1.82) is 0 Å². The van der Waals surface area contributed by atoms with Crippen LogP contribution in [0.2, 0.25) is 0 Å². The van der Waals surface area contributed by atoms with E-state index in [0.29, 0.717) is 12.1 Å². The van der Waals surface area contributed by atoms with E-state index in [1.165, 1.54) is 19.3 Å². The van der Waals surface area contributed by atoms with Crippen molar-refractivity contribution in [3.05, 3.63) is 24.2 Å². The predicted octanol–water partition coefficient (Wildman–Crippen LogP) is 2.08. The van der Waals surface area contributed by atoms with Crippen LogP contribution in [0.25, 0.3) is 11.2 Å². The largest absolute Gasteiger partial charge is 0.378 e. The molecule has 2 unspecified atom stereocenters. The zero-order valence-corrected chi connectivity index (χ0v) is 12.3. The average Bonchev–Trinajstić information content (AvgIpc) is 3.15. The minimum absolute atomic E-state index is 0.331. The first-order valence-electron chi connectivity index (χ1n) is 8.06. The maximum absolute atomic E-state index is 5.81. The summed E-state index contributed by atoms with van der Waals surface area (Å²) in [4.78, 5) is 9.43. The van der Waals surface area contributed by atoms with Gasteiger partial charge < -0.3 is 14.6 Å². The molecule has 1 N–H and O–H groups in total. The highest BCUT2D eigenvalue weighted by molar-refractivity contribution is 5.71. The minimum atomic E-state index is 0.331. The molecule has 2 saturated heterocycles. The minimum Gasteiger partial charge on any atom is -0.378 e. The monoisotopic (exact) mass is 286 g/mol. The first kappa shape index (κ1) is 13.2. The molecule has 0 aromatic carbocycles. The second-order valence-electron chi connectivity index (χ2n) is 6.08. The van der Waals surface area contributed by atoms with E-state index in [4.69, 9.17) is 9.72 Å². The number of pyridine rings is 1. The van der Waals surface area contributed by atoms with Gasteiger partial charge in [-0.25, -0.2) is 9.97 Å². The molecule has 0 aliphatic carbocycles. The SMILES string of the molecule is c1cnc2c(c1)nc(CC1CCCO1)n2C1CCCNC1. The van der Waals surface area contributed by atoms with E-state index < -0.39 is 0 Å². The Labute approximate surface area is 124 Å². The fourth-order valence-corrected chi connectivity index (χ4v) is 3.57. The molecule has 4 heterocycles. The van der Waals surface area contributed by atoms with Crippen LogP contribution in [-0.2, 0) is 11.2 Å². The number of imidazole rings is 1. The fourth-order valence-electron chi connectivity index (χ4n) is 3.57. The maximum atomic E-state index is 5.81. The van der Waals surface area contributed by atoms with Gasteiger partial charge in [-0.05, 0) is 44.4 Å². The van der Waals surface area contributed by atoms with Crippen molar-refractivity contribution in [1.82, 2.24) is 19.9 Å². The van der Waals surface area contributed by atoms with E-state index >= 15 is 0 Å².